The molecule has 1 saturated heterocycles. The molecule has 0 bridgehead atoms. The van der Waals surface area contributed by atoms with Gasteiger partial charge in [0.25, 0.3) is 0 Å². The molecule has 2 rings (SSSR count). The Bertz CT molecular complexity index is 364. The fourth-order valence-corrected chi connectivity index (χ4v) is 2.29. The van der Waals surface area contributed by atoms with E-state index in [1.165, 1.54) is 6.26 Å². The fraction of sp³-hybridized carbons (Fsp3) is 0.667. The molecule has 2 heterocycles. The van der Waals surface area contributed by atoms with Gasteiger partial charge in [0, 0.05) is 6.04 Å². The third-order valence-corrected chi connectivity index (χ3v) is 3.37. The van der Waals surface area contributed by atoms with Crippen molar-refractivity contribution in [3.8, 4) is 0 Å². The van der Waals surface area contributed by atoms with Crippen LogP contribution in [0.1, 0.15) is 32.1 Å². The molecular formula is C12H19N3O2. The maximum absolute atomic E-state index is 12.3. The molecule has 2 atom stereocenters. The predicted molar refractivity (Wildman–Crippen MR) is 63.2 cm³/mol. The molecule has 2 unspecified atom stereocenters. The molecule has 0 aliphatic carbocycles. The highest BCUT2D eigenvalue weighted by molar-refractivity contribution is 5.82. The highest BCUT2D eigenvalue weighted by atomic mass is 16.3. The minimum atomic E-state index is -0.0742. The molecule has 1 aromatic heterocycles. The van der Waals surface area contributed by atoms with Gasteiger partial charge in [0.1, 0.15) is 6.26 Å². The highest BCUT2D eigenvalue weighted by Crippen LogP contribution is 2.19. The van der Waals surface area contributed by atoms with Crippen molar-refractivity contribution in [1.29, 1.82) is 0 Å². The summed E-state index contributed by atoms with van der Waals surface area (Å²) in [4.78, 5) is 18.2. The van der Waals surface area contributed by atoms with Crippen LogP contribution in [0.4, 0.5) is 0 Å². The first kappa shape index (κ1) is 12.1. The van der Waals surface area contributed by atoms with E-state index >= 15 is 0 Å². The maximum atomic E-state index is 12.3. The fourth-order valence-electron chi connectivity index (χ4n) is 2.29. The third kappa shape index (κ3) is 2.66. The van der Waals surface area contributed by atoms with E-state index in [4.69, 9.17) is 4.42 Å². The quantitative estimate of drug-likeness (QED) is 0.857. The lowest BCUT2D eigenvalue weighted by Crippen LogP contribution is -2.46. The molecule has 1 N–H and O–H groups in total. The molecular weight excluding hydrogens is 218 g/mol. The van der Waals surface area contributed by atoms with Gasteiger partial charge < -0.3 is 14.6 Å². The zero-order valence-electron chi connectivity index (χ0n) is 10.3. The van der Waals surface area contributed by atoms with Crippen LogP contribution in [0, 0.1) is 0 Å². The Morgan fingerprint density at radius 1 is 1.59 bits per heavy atom. The largest absolute Gasteiger partial charge is 0.447 e. The van der Waals surface area contributed by atoms with Crippen LogP contribution >= 0.6 is 0 Å². The summed E-state index contributed by atoms with van der Waals surface area (Å²) < 4.78 is 5.22. The number of amides is 1. The van der Waals surface area contributed by atoms with Crippen molar-refractivity contribution in [1.82, 2.24) is 15.2 Å². The van der Waals surface area contributed by atoms with Crippen molar-refractivity contribution in [3.05, 3.63) is 18.4 Å². The first-order chi connectivity index (χ1) is 8.22. The Morgan fingerprint density at radius 2 is 2.41 bits per heavy atom. The Morgan fingerprint density at radius 3 is 3.06 bits per heavy atom. The molecule has 0 aromatic carbocycles. The summed E-state index contributed by atoms with van der Waals surface area (Å²) in [6.45, 7) is 2.55. The minimum absolute atomic E-state index is 0.0742. The molecule has 94 valence electrons. The minimum Gasteiger partial charge on any atom is -0.447 e. The second kappa shape index (κ2) is 5.31. The second-order valence-electron chi connectivity index (χ2n) is 4.51. The molecule has 0 spiro atoms. The molecule has 1 aliphatic rings. The summed E-state index contributed by atoms with van der Waals surface area (Å²) in [5, 5.41) is 3.08. The van der Waals surface area contributed by atoms with Crippen LogP contribution in [-0.2, 0) is 11.3 Å². The second-order valence-corrected chi connectivity index (χ2v) is 4.51. The van der Waals surface area contributed by atoms with Gasteiger partial charge in [-0.15, -0.1) is 0 Å². The standard InChI is InChI=1S/C12H19N3O2/c1-9-4-3-5-10(13-2)12(16)15(9)8-11-14-6-7-17-11/h6-7,9-10,13H,3-5,8H2,1-2H3. The molecule has 1 aliphatic heterocycles. The van der Waals surface area contributed by atoms with Gasteiger partial charge in [0.2, 0.25) is 11.8 Å². The molecule has 0 radical (unpaired) electrons. The number of carbonyl (C=O) groups is 1. The molecule has 5 heteroatoms. The van der Waals surface area contributed by atoms with Crippen molar-refractivity contribution < 1.29 is 9.21 Å². The number of rotatable bonds is 3. The van der Waals surface area contributed by atoms with Crippen LogP contribution in [-0.4, -0.2) is 34.9 Å². The lowest BCUT2D eigenvalue weighted by atomic mass is 10.1. The Hall–Kier alpha value is -1.36. The average Bonchev–Trinajstić information content (AvgIpc) is 2.79. The Balaban J connectivity index is 2.12. The SMILES string of the molecule is CNC1CCCC(C)N(Cc2ncco2)C1=O. The number of carbonyl (C=O) groups excluding carboxylic acids is 1. The number of oxazole rings is 1. The van der Waals surface area contributed by atoms with Crippen molar-refractivity contribution in [2.24, 2.45) is 0 Å². The zero-order valence-corrected chi connectivity index (χ0v) is 10.3. The van der Waals surface area contributed by atoms with Crippen LogP contribution in [0.25, 0.3) is 0 Å². The third-order valence-electron chi connectivity index (χ3n) is 3.37. The van der Waals surface area contributed by atoms with E-state index in [-0.39, 0.29) is 18.0 Å². The zero-order chi connectivity index (χ0) is 12.3. The van der Waals surface area contributed by atoms with Crippen LogP contribution < -0.4 is 5.32 Å². The summed E-state index contributed by atoms with van der Waals surface area (Å²) in [6, 6.07) is 0.169. The number of likely N-dealkylation sites (tertiary alicyclic amines) is 1. The van der Waals surface area contributed by atoms with Crippen molar-refractivity contribution in [2.75, 3.05) is 7.05 Å². The van der Waals surface area contributed by atoms with Crippen molar-refractivity contribution in [2.45, 2.75) is 44.8 Å². The smallest absolute Gasteiger partial charge is 0.240 e. The predicted octanol–water partition coefficient (Wildman–Crippen LogP) is 1.16. The molecule has 17 heavy (non-hydrogen) atoms. The summed E-state index contributed by atoms with van der Waals surface area (Å²) >= 11 is 0. The van der Waals surface area contributed by atoms with Crippen LogP contribution in [0.2, 0.25) is 0 Å². The van der Waals surface area contributed by atoms with Gasteiger partial charge in [-0.05, 0) is 33.2 Å². The number of nitrogens with zero attached hydrogens (tertiary/aromatic N) is 2. The molecule has 1 aromatic rings. The maximum Gasteiger partial charge on any atom is 0.240 e. The van der Waals surface area contributed by atoms with Gasteiger partial charge in [-0.1, -0.05) is 0 Å². The molecule has 1 fully saturated rings. The topological polar surface area (TPSA) is 58.4 Å². The van der Waals surface area contributed by atoms with Gasteiger partial charge >= 0.3 is 0 Å². The van der Waals surface area contributed by atoms with E-state index < -0.39 is 0 Å². The monoisotopic (exact) mass is 237 g/mol. The van der Waals surface area contributed by atoms with E-state index in [2.05, 4.69) is 17.2 Å². The summed E-state index contributed by atoms with van der Waals surface area (Å²) in [6.07, 6.45) is 6.16. The van der Waals surface area contributed by atoms with Gasteiger partial charge in [0.15, 0.2) is 0 Å². The molecule has 5 nitrogen and oxygen atoms in total. The van der Waals surface area contributed by atoms with E-state index in [0.717, 1.165) is 19.3 Å². The number of hydrogen-bond donors (Lipinski definition) is 1. The van der Waals surface area contributed by atoms with Gasteiger partial charge in [-0.2, -0.15) is 0 Å². The molecule has 1 amide bonds. The molecule has 0 saturated carbocycles. The first-order valence-electron chi connectivity index (χ1n) is 6.08. The van der Waals surface area contributed by atoms with E-state index in [1.54, 1.807) is 6.20 Å². The summed E-state index contributed by atoms with van der Waals surface area (Å²) in [5.74, 6) is 0.748. The van der Waals surface area contributed by atoms with Gasteiger partial charge in [-0.3, -0.25) is 4.79 Å². The first-order valence-corrected chi connectivity index (χ1v) is 6.08. The van der Waals surface area contributed by atoms with E-state index in [0.29, 0.717) is 12.4 Å². The van der Waals surface area contributed by atoms with Crippen LogP contribution in [0.3, 0.4) is 0 Å². The highest BCUT2D eigenvalue weighted by Gasteiger charge is 2.30. The van der Waals surface area contributed by atoms with E-state index in [1.807, 2.05) is 11.9 Å². The number of aromatic nitrogens is 1. The van der Waals surface area contributed by atoms with Crippen LogP contribution in [0.15, 0.2) is 16.9 Å². The number of likely N-dealkylation sites (N-methyl/N-ethyl adjacent to an activating group) is 1. The normalized spacial score (nSPS) is 26.0. The summed E-state index contributed by atoms with van der Waals surface area (Å²) in [7, 11) is 1.84. The number of hydrogen-bond acceptors (Lipinski definition) is 4. The van der Waals surface area contributed by atoms with Crippen molar-refractivity contribution >= 4 is 5.91 Å². The average molecular weight is 237 g/mol. The van der Waals surface area contributed by atoms with Gasteiger partial charge in [0.05, 0.1) is 18.8 Å². The lowest BCUT2D eigenvalue weighted by molar-refractivity contribution is -0.135. The van der Waals surface area contributed by atoms with E-state index in [9.17, 15) is 4.79 Å². The summed E-state index contributed by atoms with van der Waals surface area (Å²) in [5.41, 5.74) is 0. The number of nitrogens with one attached hydrogen (secondary N) is 1. The van der Waals surface area contributed by atoms with Gasteiger partial charge in [-0.25, -0.2) is 4.98 Å². The lowest BCUT2D eigenvalue weighted by Gasteiger charge is -2.28. The Kier molecular flexibility index (Phi) is 3.78. The van der Waals surface area contributed by atoms with Crippen molar-refractivity contribution in [3.63, 3.8) is 0 Å². The van der Waals surface area contributed by atoms with Crippen LogP contribution in [0.5, 0.6) is 0 Å². The Labute approximate surface area is 101 Å².